The number of halogens is 2. The molecule has 0 aliphatic carbocycles. The molecule has 23 heavy (non-hydrogen) atoms. The number of aliphatic imine (C=N–C) groups is 1. The van der Waals surface area contributed by atoms with Crippen LogP contribution in [0.2, 0.25) is 10.0 Å². The molecule has 0 unspecified atom stereocenters. The Morgan fingerprint density at radius 2 is 1.78 bits per heavy atom. The van der Waals surface area contributed by atoms with E-state index in [1.807, 2.05) is 19.1 Å². The van der Waals surface area contributed by atoms with E-state index < -0.39 is 0 Å². The molecule has 0 spiro atoms. The maximum atomic E-state index is 12.6. The number of rotatable bonds is 3. The van der Waals surface area contributed by atoms with Crippen LogP contribution in [-0.2, 0) is 0 Å². The summed E-state index contributed by atoms with van der Waals surface area (Å²) in [7, 11) is 0. The van der Waals surface area contributed by atoms with Gasteiger partial charge < -0.3 is 0 Å². The Morgan fingerprint density at radius 1 is 1.09 bits per heavy atom. The van der Waals surface area contributed by atoms with Crippen molar-refractivity contribution in [2.45, 2.75) is 6.92 Å². The average Bonchev–Trinajstić information content (AvgIpc) is 2.82. The largest absolute Gasteiger partial charge is 0.295 e. The molecule has 0 aliphatic rings. The van der Waals surface area contributed by atoms with Gasteiger partial charge in [-0.25, -0.2) is 4.68 Å². The highest BCUT2D eigenvalue weighted by Gasteiger charge is 2.10. The Labute approximate surface area is 143 Å². The van der Waals surface area contributed by atoms with E-state index in [0.717, 1.165) is 5.69 Å². The minimum atomic E-state index is -0.180. The standard InChI is InChI=1S/C17H13Cl2N3O/c1-11-14(10-20-16-5-3-2-4-15(16)19)17(23)22(21-11)13-8-6-12(18)7-9-13/h2-10,21H,1H3. The van der Waals surface area contributed by atoms with Crippen molar-refractivity contribution in [1.82, 2.24) is 9.78 Å². The Hall–Kier alpha value is -2.30. The molecule has 6 heteroatoms. The molecule has 0 atom stereocenters. The quantitative estimate of drug-likeness (QED) is 0.696. The number of hydrogen-bond acceptors (Lipinski definition) is 2. The molecule has 3 rings (SSSR count). The van der Waals surface area contributed by atoms with Crippen LogP contribution in [0, 0.1) is 6.92 Å². The highest BCUT2D eigenvalue weighted by Crippen LogP contribution is 2.23. The number of benzene rings is 2. The minimum absolute atomic E-state index is 0.180. The van der Waals surface area contributed by atoms with E-state index in [1.165, 1.54) is 10.9 Å². The third-order valence-electron chi connectivity index (χ3n) is 3.39. The van der Waals surface area contributed by atoms with E-state index in [1.54, 1.807) is 36.4 Å². The first-order valence-electron chi connectivity index (χ1n) is 6.92. The molecule has 0 radical (unpaired) electrons. The lowest BCUT2D eigenvalue weighted by Gasteiger charge is -2.00. The molecule has 0 bridgehead atoms. The van der Waals surface area contributed by atoms with Gasteiger partial charge in [0.1, 0.15) is 0 Å². The van der Waals surface area contributed by atoms with Gasteiger partial charge in [-0.2, -0.15) is 0 Å². The van der Waals surface area contributed by atoms with Crippen molar-refractivity contribution in [2.75, 3.05) is 0 Å². The van der Waals surface area contributed by atoms with E-state index in [0.29, 0.717) is 27.0 Å². The van der Waals surface area contributed by atoms with E-state index in [9.17, 15) is 4.79 Å². The molecule has 0 fully saturated rings. The number of aromatic nitrogens is 2. The van der Waals surface area contributed by atoms with Crippen LogP contribution in [0.1, 0.15) is 11.3 Å². The third kappa shape index (κ3) is 3.23. The van der Waals surface area contributed by atoms with Crippen LogP contribution < -0.4 is 5.56 Å². The molecule has 0 amide bonds. The summed E-state index contributed by atoms with van der Waals surface area (Å²) in [5, 5.41) is 4.19. The zero-order valence-electron chi connectivity index (χ0n) is 12.3. The van der Waals surface area contributed by atoms with Crippen LogP contribution in [0.25, 0.3) is 5.69 Å². The molecule has 116 valence electrons. The van der Waals surface area contributed by atoms with E-state index in [2.05, 4.69) is 10.1 Å². The zero-order chi connectivity index (χ0) is 16.4. The molecule has 4 nitrogen and oxygen atoms in total. The molecule has 1 aromatic heterocycles. The SMILES string of the molecule is Cc1[nH]n(-c2ccc(Cl)cc2)c(=O)c1C=Nc1ccccc1Cl. The molecule has 1 N–H and O–H groups in total. The van der Waals surface area contributed by atoms with Crippen LogP contribution in [0.5, 0.6) is 0 Å². The Bertz CT molecular complexity index is 924. The first-order chi connectivity index (χ1) is 11.1. The summed E-state index contributed by atoms with van der Waals surface area (Å²) in [6.45, 7) is 1.82. The van der Waals surface area contributed by atoms with E-state index in [-0.39, 0.29) is 5.56 Å². The van der Waals surface area contributed by atoms with Gasteiger partial charge in [0.05, 0.1) is 22.0 Å². The van der Waals surface area contributed by atoms with Crippen molar-refractivity contribution >= 4 is 35.1 Å². The second-order valence-electron chi connectivity index (χ2n) is 4.98. The highest BCUT2D eigenvalue weighted by atomic mass is 35.5. The summed E-state index contributed by atoms with van der Waals surface area (Å²) < 4.78 is 1.46. The van der Waals surface area contributed by atoms with Crippen LogP contribution in [0.3, 0.4) is 0 Å². The van der Waals surface area contributed by atoms with E-state index >= 15 is 0 Å². The maximum absolute atomic E-state index is 12.6. The number of para-hydroxylation sites is 1. The fraction of sp³-hybridized carbons (Fsp3) is 0.0588. The van der Waals surface area contributed by atoms with Gasteiger partial charge in [0.25, 0.3) is 5.56 Å². The van der Waals surface area contributed by atoms with E-state index in [4.69, 9.17) is 23.2 Å². The lowest BCUT2D eigenvalue weighted by Crippen LogP contribution is -2.17. The number of nitrogens with zero attached hydrogens (tertiary/aromatic N) is 2. The molecular weight excluding hydrogens is 333 g/mol. The predicted octanol–water partition coefficient (Wildman–Crippen LogP) is 4.53. The van der Waals surface area contributed by atoms with Crippen molar-refractivity contribution < 1.29 is 0 Å². The molecule has 0 aliphatic heterocycles. The Balaban J connectivity index is 2.00. The van der Waals surface area contributed by atoms with Crippen molar-refractivity contribution in [1.29, 1.82) is 0 Å². The number of nitrogens with one attached hydrogen (secondary N) is 1. The predicted molar refractivity (Wildman–Crippen MR) is 94.8 cm³/mol. The Kier molecular flexibility index (Phi) is 4.37. The summed E-state index contributed by atoms with van der Waals surface area (Å²) in [4.78, 5) is 16.9. The van der Waals surface area contributed by atoms with Gasteiger partial charge in [-0.3, -0.25) is 14.9 Å². The smallest absolute Gasteiger partial charge is 0.280 e. The first-order valence-corrected chi connectivity index (χ1v) is 7.68. The van der Waals surface area contributed by atoms with Crippen molar-refractivity contribution in [2.24, 2.45) is 4.99 Å². The van der Waals surface area contributed by atoms with Crippen LogP contribution >= 0.6 is 23.2 Å². The molecule has 0 saturated heterocycles. The molecule has 0 saturated carbocycles. The average molecular weight is 346 g/mol. The van der Waals surface area contributed by atoms with Crippen LogP contribution in [0.15, 0.2) is 58.3 Å². The highest BCUT2D eigenvalue weighted by molar-refractivity contribution is 6.33. The second-order valence-corrected chi connectivity index (χ2v) is 5.82. The summed E-state index contributed by atoms with van der Waals surface area (Å²) in [6, 6.07) is 14.2. The van der Waals surface area contributed by atoms with Crippen molar-refractivity contribution in [3.8, 4) is 5.69 Å². The van der Waals surface area contributed by atoms with Gasteiger partial charge in [0.15, 0.2) is 0 Å². The second kappa shape index (κ2) is 6.44. The van der Waals surface area contributed by atoms with Gasteiger partial charge in [0.2, 0.25) is 0 Å². The summed E-state index contributed by atoms with van der Waals surface area (Å²) in [6.07, 6.45) is 1.53. The van der Waals surface area contributed by atoms with Crippen LogP contribution in [0.4, 0.5) is 5.69 Å². The number of aromatic amines is 1. The lowest BCUT2D eigenvalue weighted by molar-refractivity contribution is 0.835. The fourth-order valence-electron chi connectivity index (χ4n) is 2.17. The summed E-state index contributed by atoms with van der Waals surface area (Å²) in [5.41, 5.74) is 2.35. The molecule has 1 heterocycles. The van der Waals surface area contributed by atoms with Gasteiger partial charge in [0, 0.05) is 16.9 Å². The maximum Gasteiger partial charge on any atom is 0.280 e. The first kappa shape index (κ1) is 15.6. The van der Waals surface area contributed by atoms with Crippen LogP contribution in [-0.4, -0.2) is 16.0 Å². The summed E-state index contributed by atoms with van der Waals surface area (Å²) >= 11 is 11.9. The zero-order valence-corrected chi connectivity index (χ0v) is 13.8. The van der Waals surface area contributed by atoms with Gasteiger partial charge in [-0.05, 0) is 43.3 Å². The molecule has 3 aromatic rings. The normalized spacial score (nSPS) is 11.3. The molecule has 2 aromatic carbocycles. The monoisotopic (exact) mass is 345 g/mol. The topological polar surface area (TPSA) is 50.1 Å². The lowest BCUT2D eigenvalue weighted by atomic mass is 10.2. The number of H-pyrrole nitrogens is 1. The van der Waals surface area contributed by atoms with Gasteiger partial charge >= 0.3 is 0 Å². The molecular formula is C17H13Cl2N3O. The third-order valence-corrected chi connectivity index (χ3v) is 3.96. The van der Waals surface area contributed by atoms with Crippen molar-refractivity contribution in [3.63, 3.8) is 0 Å². The summed E-state index contributed by atoms with van der Waals surface area (Å²) in [5.74, 6) is 0. The van der Waals surface area contributed by atoms with Gasteiger partial charge in [-0.15, -0.1) is 0 Å². The fourth-order valence-corrected chi connectivity index (χ4v) is 2.48. The van der Waals surface area contributed by atoms with Crippen molar-refractivity contribution in [3.05, 3.63) is 80.2 Å². The van der Waals surface area contributed by atoms with Gasteiger partial charge in [-0.1, -0.05) is 35.3 Å². The number of aryl methyl sites for hydroxylation is 1. The minimum Gasteiger partial charge on any atom is -0.295 e. The Morgan fingerprint density at radius 3 is 2.48 bits per heavy atom. The number of hydrogen-bond donors (Lipinski definition) is 1.